The molecule has 0 saturated heterocycles. The Morgan fingerprint density at radius 3 is 0.930 bits per heavy atom. The van der Waals surface area contributed by atoms with Gasteiger partial charge in [-0.1, -0.05) is 339 Å². The lowest BCUT2D eigenvalue weighted by atomic mass is 10.0. The number of carbonyl (C=O) groups excluding carboxylic acids is 2. The topological polar surface area (TPSA) is 111 Å². The van der Waals surface area contributed by atoms with Crippen molar-refractivity contribution in [3.05, 3.63) is 36.5 Å². The Morgan fingerprint density at radius 1 is 0.360 bits per heavy atom. The van der Waals surface area contributed by atoms with Crippen molar-refractivity contribution in [2.24, 2.45) is 0 Å². The fraction of sp³-hybridized carbons (Fsp3) is 0.895. The minimum Gasteiger partial charge on any atom is -0.756 e. The Hall–Kier alpha value is -1.77. The maximum absolute atomic E-state index is 12.9. The fourth-order valence-corrected chi connectivity index (χ4v) is 12.1. The van der Waals surface area contributed by atoms with E-state index in [-0.39, 0.29) is 32.0 Å². The molecule has 86 heavy (non-hydrogen) atoms. The number of unbranched alkanes of at least 4 members (excludes halogenated alkanes) is 51. The van der Waals surface area contributed by atoms with Crippen LogP contribution in [-0.2, 0) is 32.7 Å². The third kappa shape index (κ3) is 71.3. The van der Waals surface area contributed by atoms with E-state index in [9.17, 15) is 19.0 Å². The molecule has 0 aromatic rings. The van der Waals surface area contributed by atoms with Crippen molar-refractivity contribution < 1.29 is 42.1 Å². The zero-order valence-electron chi connectivity index (χ0n) is 58.0. The number of quaternary nitrogens is 1. The molecule has 2 atom stereocenters. The van der Waals surface area contributed by atoms with Crippen LogP contribution < -0.4 is 4.89 Å². The predicted molar refractivity (Wildman–Crippen MR) is 370 cm³/mol. The van der Waals surface area contributed by atoms with Crippen LogP contribution in [-0.4, -0.2) is 70.0 Å². The SMILES string of the molecule is CCCCCCC/C=C\C/C=C\CCCCCCCCCCCCCCCCCCCCCCCCCC(=O)OC(COC(=O)CCCCCCCCCCCCCCCCC/C=C\CCCCCCCCCC)COP(=O)([O-])OCC[N+](C)(C)C. The summed E-state index contributed by atoms with van der Waals surface area (Å²) in [5.74, 6) is -0.810. The molecule has 2 unspecified atom stereocenters. The number of ether oxygens (including phenoxy) is 2. The number of nitrogens with zero attached hydrogens (tertiary/aromatic N) is 1. The van der Waals surface area contributed by atoms with Crippen molar-refractivity contribution >= 4 is 19.8 Å². The van der Waals surface area contributed by atoms with Gasteiger partial charge in [0.25, 0.3) is 7.82 Å². The second-order valence-electron chi connectivity index (χ2n) is 27.0. The molecule has 9 nitrogen and oxygen atoms in total. The average Bonchev–Trinajstić information content (AvgIpc) is 3.56. The molecule has 0 saturated carbocycles. The molecule has 10 heteroatoms. The zero-order chi connectivity index (χ0) is 62.6. The van der Waals surface area contributed by atoms with Crippen LogP contribution in [0, 0.1) is 0 Å². The van der Waals surface area contributed by atoms with E-state index < -0.39 is 26.5 Å². The van der Waals surface area contributed by atoms with Gasteiger partial charge in [0.15, 0.2) is 6.10 Å². The Morgan fingerprint density at radius 2 is 0.628 bits per heavy atom. The zero-order valence-corrected chi connectivity index (χ0v) is 58.9. The lowest BCUT2D eigenvalue weighted by molar-refractivity contribution is -0.870. The Labute approximate surface area is 535 Å². The quantitative estimate of drug-likeness (QED) is 0.0195. The minimum atomic E-state index is -4.64. The van der Waals surface area contributed by atoms with Crippen molar-refractivity contribution in [2.45, 2.75) is 392 Å². The van der Waals surface area contributed by atoms with E-state index in [2.05, 4.69) is 50.3 Å². The van der Waals surface area contributed by atoms with E-state index in [0.29, 0.717) is 17.4 Å². The van der Waals surface area contributed by atoms with Gasteiger partial charge in [-0.3, -0.25) is 14.2 Å². The second-order valence-corrected chi connectivity index (χ2v) is 28.4. The van der Waals surface area contributed by atoms with Crippen LogP contribution in [0.1, 0.15) is 386 Å². The summed E-state index contributed by atoms with van der Waals surface area (Å²) in [6.07, 6.45) is 86.8. The van der Waals surface area contributed by atoms with Gasteiger partial charge in [0.05, 0.1) is 27.7 Å². The molecule has 0 aliphatic heterocycles. The fourth-order valence-electron chi connectivity index (χ4n) is 11.3. The molecule has 0 radical (unpaired) electrons. The molecule has 0 aliphatic carbocycles. The molecule has 508 valence electrons. The molecule has 0 aromatic carbocycles. The van der Waals surface area contributed by atoms with Gasteiger partial charge in [-0.15, -0.1) is 0 Å². The van der Waals surface area contributed by atoms with Gasteiger partial charge in [-0.25, -0.2) is 0 Å². The maximum atomic E-state index is 12.9. The summed E-state index contributed by atoms with van der Waals surface area (Å²) < 4.78 is 34.4. The van der Waals surface area contributed by atoms with Crippen molar-refractivity contribution in [1.29, 1.82) is 0 Å². The summed E-state index contributed by atoms with van der Waals surface area (Å²) >= 11 is 0. The van der Waals surface area contributed by atoms with Crippen LogP contribution in [0.4, 0.5) is 0 Å². The number of phosphoric ester groups is 1. The van der Waals surface area contributed by atoms with Gasteiger partial charge in [0, 0.05) is 12.8 Å². The van der Waals surface area contributed by atoms with Crippen LogP contribution in [0.15, 0.2) is 36.5 Å². The number of carbonyl (C=O) groups is 2. The highest BCUT2D eigenvalue weighted by Crippen LogP contribution is 2.38. The number of esters is 2. The monoisotopic (exact) mass is 1230 g/mol. The van der Waals surface area contributed by atoms with E-state index >= 15 is 0 Å². The summed E-state index contributed by atoms with van der Waals surface area (Å²) in [6, 6.07) is 0. The highest BCUT2D eigenvalue weighted by Gasteiger charge is 2.22. The van der Waals surface area contributed by atoms with E-state index in [1.807, 2.05) is 21.1 Å². The van der Waals surface area contributed by atoms with E-state index in [0.717, 1.165) is 38.5 Å². The molecule has 0 fully saturated rings. The first kappa shape index (κ1) is 84.2. The van der Waals surface area contributed by atoms with Gasteiger partial charge in [0.2, 0.25) is 0 Å². The van der Waals surface area contributed by atoms with Crippen molar-refractivity contribution in [1.82, 2.24) is 0 Å². The van der Waals surface area contributed by atoms with Crippen molar-refractivity contribution in [2.75, 3.05) is 47.5 Å². The lowest BCUT2D eigenvalue weighted by Gasteiger charge is -2.28. The standard InChI is InChI=1S/C76H146NO8P/c1-6-8-10-12-14-16-18-20-22-24-26-28-30-32-34-35-36-37-38-39-40-41-43-45-47-49-51-53-55-57-59-61-63-65-67-69-76(79)85-74(73-84-86(80,81)83-71-70-77(3,4)5)72-82-75(78)68-66-64-62-60-58-56-54-52-50-48-46-44-42-33-31-29-27-25-23-21-19-17-15-13-11-9-7-2/h18,20,24-27,74H,6-17,19,21-23,28-73H2,1-5H3/b20-18-,26-24-,27-25-. The highest BCUT2D eigenvalue weighted by atomic mass is 31.2. The summed E-state index contributed by atoms with van der Waals surface area (Å²) in [6.45, 7) is 4.30. The summed E-state index contributed by atoms with van der Waals surface area (Å²) in [5.41, 5.74) is 0. The van der Waals surface area contributed by atoms with Crippen LogP contribution in [0.25, 0.3) is 0 Å². The summed E-state index contributed by atoms with van der Waals surface area (Å²) in [4.78, 5) is 38.1. The van der Waals surface area contributed by atoms with Gasteiger partial charge in [-0.2, -0.15) is 0 Å². The second kappa shape index (κ2) is 67.6. The first-order valence-electron chi connectivity index (χ1n) is 37.7. The molecule has 0 spiro atoms. The average molecular weight is 1230 g/mol. The van der Waals surface area contributed by atoms with Crippen LogP contribution >= 0.6 is 7.82 Å². The van der Waals surface area contributed by atoms with Gasteiger partial charge >= 0.3 is 11.9 Å². The van der Waals surface area contributed by atoms with E-state index in [4.69, 9.17) is 18.5 Å². The van der Waals surface area contributed by atoms with Crippen LogP contribution in [0.5, 0.6) is 0 Å². The number of phosphoric acid groups is 1. The number of likely N-dealkylation sites (N-methyl/N-ethyl adjacent to an activating group) is 1. The van der Waals surface area contributed by atoms with E-state index in [1.54, 1.807) is 0 Å². The normalized spacial score (nSPS) is 13.2. The lowest BCUT2D eigenvalue weighted by Crippen LogP contribution is -2.37. The van der Waals surface area contributed by atoms with Crippen molar-refractivity contribution in [3.8, 4) is 0 Å². The Bertz CT molecular complexity index is 1540. The van der Waals surface area contributed by atoms with E-state index in [1.165, 1.54) is 315 Å². The molecular formula is C76H146NO8P. The van der Waals surface area contributed by atoms with Gasteiger partial charge < -0.3 is 27.9 Å². The number of rotatable bonds is 71. The molecule has 0 N–H and O–H groups in total. The number of hydrogen-bond donors (Lipinski definition) is 0. The molecule has 0 bridgehead atoms. The minimum absolute atomic E-state index is 0.0276. The molecule has 0 aliphatic rings. The smallest absolute Gasteiger partial charge is 0.306 e. The first-order valence-corrected chi connectivity index (χ1v) is 39.2. The molecule has 0 heterocycles. The third-order valence-corrected chi connectivity index (χ3v) is 18.1. The Kier molecular flexibility index (Phi) is 66.2. The van der Waals surface area contributed by atoms with Gasteiger partial charge in [-0.05, 0) is 70.6 Å². The van der Waals surface area contributed by atoms with Crippen LogP contribution in [0.2, 0.25) is 0 Å². The first-order chi connectivity index (χ1) is 42.0. The van der Waals surface area contributed by atoms with Crippen LogP contribution in [0.3, 0.4) is 0 Å². The molecule has 0 aromatic heterocycles. The van der Waals surface area contributed by atoms with Gasteiger partial charge in [0.1, 0.15) is 19.8 Å². The molecular weight excluding hydrogens is 1090 g/mol. The highest BCUT2D eigenvalue weighted by molar-refractivity contribution is 7.45. The molecule has 0 rings (SSSR count). The number of allylic oxidation sites excluding steroid dienone is 6. The predicted octanol–water partition coefficient (Wildman–Crippen LogP) is 24.0. The Balaban J connectivity index is 3.94. The maximum Gasteiger partial charge on any atom is 0.306 e. The van der Waals surface area contributed by atoms with Crippen molar-refractivity contribution in [3.63, 3.8) is 0 Å². The summed E-state index contributed by atoms with van der Waals surface area (Å²) in [7, 11) is 1.19. The molecule has 0 amide bonds. The largest absolute Gasteiger partial charge is 0.756 e. The summed E-state index contributed by atoms with van der Waals surface area (Å²) in [5, 5.41) is 0. The number of hydrogen-bond acceptors (Lipinski definition) is 8. The third-order valence-electron chi connectivity index (χ3n) is 17.1.